The van der Waals surface area contributed by atoms with E-state index in [0.717, 1.165) is 59.8 Å². The minimum absolute atomic E-state index is 0.0403. The monoisotopic (exact) mass is 455 g/mol. The van der Waals surface area contributed by atoms with Gasteiger partial charge < -0.3 is 24.5 Å². The van der Waals surface area contributed by atoms with Crippen LogP contribution in [0.2, 0.25) is 0 Å². The highest BCUT2D eigenvalue weighted by molar-refractivity contribution is 5.84. The largest absolute Gasteiger partial charge is 0.394 e. The molecule has 0 amide bonds. The van der Waals surface area contributed by atoms with Crippen molar-refractivity contribution in [1.82, 2.24) is 24.1 Å². The average Bonchev–Trinajstić information content (AvgIpc) is 3.52. The van der Waals surface area contributed by atoms with Gasteiger partial charge in [-0.1, -0.05) is 12.1 Å². The van der Waals surface area contributed by atoms with Gasteiger partial charge in [0.25, 0.3) is 0 Å². The van der Waals surface area contributed by atoms with E-state index in [1.807, 2.05) is 39.8 Å². The molecule has 1 fully saturated rings. The number of nitrogens with one attached hydrogen (secondary N) is 1. The lowest BCUT2D eigenvalue weighted by Crippen LogP contribution is -2.36. The van der Waals surface area contributed by atoms with Gasteiger partial charge in [-0.15, -0.1) is 0 Å². The molecule has 9 nitrogen and oxygen atoms in total. The van der Waals surface area contributed by atoms with Crippen molar-refractivity contribution in [2.75, 3.05) is 43.1 Å². The van der Waals surface area contributed by atoms with E-state index in [4.69, 9.17) is 9.72 Å². The first kappa shape index (κ1) is 20.6. The third-order valence-electron chi connectivity index (χ3n) is 6.13. The van der Waals surface area contributed by atoms with Gasteiger partial charge in [-0.25, -0.2) is 9.97 Å². The van der Waals surface area contributed by atoms with Crippen LogP contribution in [0, 0.1) is 0 Å². The van der Waals surface area contributed by atoms with Gasteiger partial charge in [-0.2, -0.15) is 5.10 Å². The van der Waals surface area contributed by atoms with Crippen LogP contribution in [0.15, 0.2) is 67.3 Å². The molecule has 0 bridgehead atoms. The lowest BCUT2D eigenvalue weighted by Gasteiger charge is -2.28. The minimum atomic E-state index is 0.0403. The fraction of sp³-hybridized carbons (Fsp3) is 0.240. The van der Waals surface area contributed by atoms with E-state index in [2.05, 4.69) is 50.6 Å². The minimum Gasteiger partial charge on any atom is -0.394 e. The van der Waals surface area contributed by atoms with Gasteiger partial charge in [0.05, 0.1) is 43.8 Å². The van der Waals surface area contributed by atoms with E-state index in [9.17, 15) is 5.11 Å². The highest BCUT2D eigenvalue weighted by Gasteiger charge is 2.13. The standard InChI is InChI=1S/C25H25N7O2/c33-12-9-32-23-15-18(1-2-19(23)16-27-32)22-17-31-8-7-26-25(31)24(29-22)28-20-3-5-21(6-4-20)30-10-13-34-14-11-30/h1-8,15-17,33H,9-14H2,(H,28,29). The van der Waals surface area contributed by atoms with Crippen LogP contribution in [-0.4, -0.2) is 62.2 Å². The zero-order valence-corrected chi connectivity index (χ0v) is 18.6. The van der Waals surface area contributed by atoms with E-state index < -0.39 is 0 Å². The molecule has 172 valence electrons. The number of ether oxygens (including phenoxy) is 1. The number of aromatic nitrogens is 5. The molecule has 5 aromatic rings. The summed E-state index contributed by atoms with van der Waals surface area (Å²) in [7, 11) is 0. The summed E-state index contributed by atoms with van der Waals surface area (Å²) in [6.45, 7) is 3.84. The molecule has 9 heteroatoms. The van der Waals surface area contributed by atoms with Crippen LogP contribution in [0.1, 0.15) is 0 Å². The molecule has 1 saturated heterocycles. The Hall–Kier alpha value is -3.95. The first-order valence-corrected chi connectivity index (χ1v) is 11.4. The molecule has 1 aliphatic heterocycles. The second kappa shape index (κ2) is 8.77. The Labute approximate surface area is 196 Å². The van der Waals surface area contributed by atoms with Crippen LogP contribution in [0.5, 0.6) is 0 Å². The van der Waals surface area contributed by atoms with E-state index in [0.29, 0.717) is 12.4 Å². The van der Waals surface area contributed by atoms with Gasteiger partial charge in [-0.3, -0.25) is 4.68 Å². The number of aliphatic hydroxyl groups excluding tert-OH is 1. The number of aliphatic hydroxyl groups is 1. The fourth-order valence-electron chi connectivity index (χ4n) is 4.37. The average molecular weight is 456 g/mol. The highest BCUT2D eigenvalue weighted by atomic mass is 16.5. The smallest absolute Gasteiger partial charge is 0.180 e. The summed E-state index contributed by atoms with van der Waals surface area (Å²) in [5.74, 6) is 0.686. The van der Waals surface area contributed by atoms with Crippen molar-refractivity contribution < 1.29 is 9.84 Å². The zero-order chi connectivity index (χ0) is 22.9. The lowest BCUT2D eigenvalue weighted by atomic mass is 10.1. The van der Waals surface area contributed by atoms with Crippen LogP contribution in [-0.2, 0) is 11.3 Å². The van der Waals surface area contributed by atoms with Crippen molar-refractivity contribution in [2.45, 2.75) is 6.54 Å². The third kappa shape index (κ3) is 3.85. The normalized spacial score (nSPS) is 14.2. The molecule has 34 heavy (non-hydrogen) atoms. The molecule has 4 heterocycles. The fourth-order valence-corrected chi connectivity index (χ4v) is 4.37. The second-order valence-corrected chi connectivity index (χ2v) is 8.27. The topological polar surface area (TPSA) is 92.7 Å². The maximum Gasteiger partial charge on any atom is 0.180 e. The number of anilines is 3. The third-order valence-corrected chi connectivity index (χ3v) is 6.13. The number of fused-ring (bicyclic) bond motifs is 2. The molecule has 2 N–H and O–H groups in total. The van der Waals surface area contributed by atoms with E-state index in [1.165, 1.54) is 5.69 Å². The number of rotatable bonds is 6. The first-order valence-electron chi connectivity index (χ1n) is 11.4. The number of hydrogen-bond acceptors (Lipinski definition) is 7. The molecule has 2 aromatic carbocycles. The molecule has 0 atom stereocenters. The SMILES string of the molecule is OCCn1ncc2ccc(-c3cn4ccnc4c(Nc4ccc(N5CCOCC5)cc4)n3)cc21. The summed E-state index contributed by atoms with van der Waals surface area (Å²) >= 11 is 0. The molecule has 0 unspecified atom stereocenters. The van der Waals surface area contributed by atoms with Crippen molar-refractivity contribution >= 4 is 33.7 Å². The molecule has 0 spiro atoms. The molecule has 0 saturated carbocycles. The van der Waals surface area contributed by atoms with Crippen LogP contribution >= 0.6 is 0 Å². The van der Waals surface area contributed by atoms with Gasteiger partial charge in [-0.05, 0) is 30.3 Å². The summed E-state index contributed by atoms with van der Waals surface area (Å²) in [6.07, 6.45) is 7.48. The number of benzene rings is 2. The van der Waals surface area contributed by atoms with Gasteiger partial charge in [0.1, 0.15) is 0 Å². The van der Waals surface area contributed by atoms with E-state index in [1.54, 1.807) is 6.20 Å². The summed E-state index contributed by atoms with van der Waals surface area (Å²) in [5, 5.41) is 18.2. The number of morpholine rings is 1. The van der Waals surface area contributed by atoms with E-state index in [-0.39, 0.29) is 6.61 Å². The predicted octanol–water partition coefficient (Wildman–Crippen LogP) is 3.32. The lowest BCUT2D eigenvalue weighted by molar-refractivity contribution is 0.122. The number of imidazole rings is 1. The van der Waals surface area contributed by atoms with Crippen molar-refractivity contribution in [1.29, 1.82) is 0 Å². The summed E-state index contributed by atoms with van der Waals surface area (Å²) in [6, 6.07) is 14.5. The molecule has 0 radical (unpaired) electrons. The van der Waals surface area contributed by atoms with Gasteiger partial charge >= 0.3 is 0 Å². The highest BCUT2D eigenvalue weighted by Crippen LogP contribution is 2.28. The van der Waals surface area contributed by atoms with Crippen molar-refractivity contribution in [3.63, 3.8) is 0 Å². The summed E-state index contributed by atoms with van der Waals surface area (Å²) in [5.41, 5.74) is 5.64. The quantitative estimate of drug-likeness (QED) is 0.406. The molecule has 0 aliphatic carbocycles. The Kier molecular flexibility index (Phi) is 5.32. The van der Waals surface area contributed by atoms with E-state index >= 15 is 0 Å². The molecule has 6 rings (SSSR count). The van der Waals surface area contributed by atoms with Gasteiger partial charge in [0.2, 0.25) is 0 Å². The van der Waals surface area contributed by atoms with Crippen LogP contribution < -0.4 is 10.2 Å². The first-order chi connectivity index (χ1) is 16.8. The van der Waals surface area contributed by atoms with Crippen LogP contribution in [0.25, 0.3) is 27.8 Å². The van der Waals surface area contributed by atoms with Gasteiger partial charge in [0.15, 0.2) is 11.5 Å². The number of hydrogen-bond donors (Lipinski definition) is 2. The van der Waals surface area contributed by atoms with Crippen molar-refractivity contribution in [3.05, 3.63) is 67.3 Å². The Morgan fingerprint density at radius 3 is 2.74 bits per heavy atom. The molecule has 3 aromatic heterocycles. The van der Waals surface area contributed by atoms with Gasteiger partial charge in [0, 0.05) is 54.0 Å². The zero-order valence-electron chi connectivity index (χ0n) is 18.6. The van der Waals surface area contributed by atoms with Crippen molar-refractivity contribution in [2.24, 2.45) is 0 Å². The Balaban J connectivity index is 1.33. The maximum atomic E-state index is 9.35. The number of nitrogens with zero attached hydrogens (tertiary/aromatic N) is 6. The predicted molar refractivity (Wildman–Crippen MR) is 132 cm³/mol. The Morgan fingerprint density at radius 1 is 1.06 bits per heavy atom. The molecular formula is C25H25N7O2. The molecular weight excluding hydrogens is 430 g/mol. The summed E-state index contributed by atoms with van der Waals surface area (Å²) < 4.78 is 9.24. The Morgan fingerprint density at radius 2 is 1.91 bits per heavy atom. The maximum absolute atomic E-state index is 9.35. The van der Waals surface area contributed by atoms with Crippen LogP contribution in [0.3, 0.4) is 0 Å². The second-order valence-electron chi connectivity index (χ2n) is 8.27. The summed E-state index contributed by atoms with van der Waals surface area (Å²) in [4.78, 5) is 11.7. The molecule has 1 aliphatic rings. The van der Waals surface area contributed by atoms with Crippen molar-refractivity contribution in [3.8, 4) is 11.3 Å². The Bertz CT molecular complexity index is 1440. The van der Waals surface area contributed by atoms with Crippen LogP contribution in [0.4, 0.5) is 17.2 Å².